The molecule has 0 aliphatic heterocycles. The van der Waals surface area contributed by atoms with E-state index < -0.39 is 18.2 Å². The minimum atomic E-state index is -4.78. The van der Waals surface area contributed by atoms with Crippen LogP contribution < -0.4 is 15.4 Å². The Bertz CT molecular complexity index is 1590. The van der Waals surface area contributed by atoms with Crippen LogP contribution in [0.1, 0.15) is 39.4 Å². The van der Waals surface area contributed by atoms with E-state index >= 15 is 0 Å². The van der Waals surface area contributed by atoms with Crippen molar-refractivity contribution in [3.8, 4) is 16.9 Å². The van der Waals surface area contributed by atoms with Gasteiger partial charge < -0.3 is 25.9 Å². The van der Waals surface area contributed by atoms with Gasteiger partial charge in [0.25, 0.3) is 5.91 Å². The van der Waals surface area contributed by atoms with E-state index in [9.17, 15) is 28.2 Å². The maximum atomic E-state index is 12.6. The van der Waals surface area contributed by atoms with E-state index in [4.69, 9.17) is 5.11 Å². The van der Waals surface area contributed by atoms with Gasteiger partial charge in [-0.05, 0) is 59.0 Å². The molecule has 1 atom stereocenters. The van der Waals surface area contributed by atoms with Crippen molar-refractivity contribution in [2.75, 3.05) is 18.9 Å². The number of hydrogen-bond acceptors (Lipinski definition) is 5. The standard InChI is InChI=1S/C33H30F3N3O4/c1-38-29-8-3-2-7-27(29)31(37)28(19-21-9-11-23(12-10-21)32(42)39-18-17-30(40)41)25-6-4-5-24(20-25)22-13-15-26(16-14-22)43-33(34,35)36/h2-16,20,28,37-38H,17-19H2,1H3,(H,39,42)(H,40,41). The first-order valence-electron chi connectivity index (χ1n) is 13.4. The summed E-state index contributed by atoms with van der Waals surface area (Å²) in [6.45, 7) is 0.0223. The Morgan fingerprint density at radius 1 is 0.907 bits per heavy atom. The summed E-state index contributed by atoms with van der Waals surface area (Å²) in [5, 5.41) is 23.8. The van der Waals surface area contributed by atoms with Crippen molar-refractivity contribution in [1.29, 1.82) is 5.41 Å². The van der Waals surface area contributed by atoms with Crippen molar-refractivity contribution in [3.05, 3.63) is 119 Å². The first-order chi connectivity index (χ1) is 20.5. The van der Waals surface area contributed by atoms with E-state index in [1.54, 1.807) is 43.4 Å². The largest absolute Gasteiger partial charge is 0.573 e. The predicted octanol–water partition coefficient (Wildman–Crippen LogP) is 6.89. The van der Waals surface area contributed by atoms with Crippen LogP contribution in [0.2, 0.25) is 0 Å². The number of carbonyl (C=O) groups is 2. The second-order valence-electron chi connectivity index (χ2n) is 9.76. The molecule has 7 nitrogen and oxygen atoms in total. The van der Waals surface area contributed by atoms with Crippen LogP contribution >= 0.6 is 0 Å². The molecule has 0 fully saturated rings. The molecular formula is C33H30F3N3O4. The molecule has 222 valence electrons. The zero-order valence-electron chi connectivity index (χ0n) is 23.2. The maximum absolute atomic E-state index is 12.6. The summed E-state index contributed by atoms with van der Waals surface area (Å²) in [7, 11) is 1.79. The third-order valence-electron chi connectivity index (χ3n) is 6.83. The summed E-state index contributed by atoms with van der Waals surface area (Å²) in [6, 6.07) is 27.6. The second kappa shape index (κ2) is 13.7. The Balaban J connectivity index is 1.63. The van der Waals surface area contributed by atoms with Gasteiger partial charge in [-0.1, -0.05) is 66.7 Å². The Labute approximate surface area is 246 Å². The number of para-hydroxylation sites is 1. The van der Waals surface area contributed by atoms with E-state index in [-0.39, 0.29) is 24.6 Å². The van der Waals surface area contributed by atoms with Crippen molar-refractivity contribution in [1.82, 2.24) is 5.32 Å². The molecule has 0 heterocycles. The molecule has 4 N–H and O–H groups in total. The molecule has 1 unspecified atom stereocenters. The van der Waals surface area contributed by atoms with Crippen LogP contribution in [0.25, 0.3) is 11.1 Å². The van der Waals surface area contributed by atoms with Gasteiger partial charge in [0.2, 0.25) is 0 Å². The van der Waals surface area contributed by atoms with Crippen LogP contribution in [-0.4, -0.2) is 42.6 Å². The van der Waals surface area contributed by atoms with Gasteiger partial charge in [-0.25, -0.2) is 0 Å². The van der Waals surface area contributed by atoms with Gasteiger partial charge >= 0.3 is 12.3 Å². The quantitative estimate of drug-likeness (QED) is 0.135. The van der Waals surface area contributed by atoms with E-state index in [2.05, 4.69) is 15.4 Å². The van der Waals surface area contributed by atoms with E-state index in [0.29, 0.717) is 23.3 Å². The lowest BCUT2D eigenvalue weighted by atomic mass is 9.83. The molecule has 10 heteroatoms. The maximum Gasteiger partial charge on any atom is 0.573 e. The van der Waals surface area contributed by atoms with Gasteiger partial charge in [0.1, 0.15) is 5.75 Å². The van der Waals surface area contributed by atoms with Crippen molar-refractivity contribution in [3.63, 3.8) is 0 Å². The number of rotatable bonds is 12. The van der Waals surface area contributed by atoms with Gasteiger partial charge in [0, 0.05) is 42.0 Å². The summed E-state index contributed by atoms with van der Waals surface area (Å²) in [6.07, 6.45) is -4.52. The second-order valence-corrected chi connectivity index (χ2v) is 9.76. The van der Waals surface area contributed by atoms with Crippen molar-refractivity contribution in [2.24, 2.45) is 0 Å². The van der Waals surface area contributed by atoms with Crippen LogP contribution in [-0.2, 0) is 11.2 Å². The Hall–Kier alpha value is -5.12. The molecule has 0 bridgehead atoms. The number of anilines is 1. The van der Waals surface area contributed by atoms with E-state index in [1.165, 1.54) is 12.1 Å². The van der Waals surface area contributed by atoms with E-state index in [1.807, 2.05) is 48.5 Å². The number of carboxylic acid groups (broad SMARTS) is 1. The van der Waals surface area contributed by atoms with E-state index in [0.717, 1.165) is 27.9 Å². The van der Waals surface area contributed by atoms with Crippen molar-refractivity contribution >= 4 is 23.3 Å². The first kappa shape index (κ1) is 30.8. The Morgan fingerprint density at radius 2 is 1.60 bits per heavy atom. The Morgan fingerprint density at radius 3 is 2.26 bits per heavy atom. The molecule has 0 aliphatic carbocycles. The fourth-order valence-corrected chi connectivity index (χ4v) is 4.71. The van der Waals surface area contributed by atoms with Crippen LogP contribution in [0.5, 0.6) is 5.75 Å². The van der Waals surface area contributed by atoms with Gasteiger partial charge in [-0.3, -0.25) is 9.59 Å². The third-order valence-corrected chi connectivity index (χ3v) is 6.83. The zero-order valence-corrected chi connectivity index (χ0v) is 23.2. The topological polar surface area (TPSA) is 112 Å². The lowest BCUT2D eigenvalue weighted by molar-refractivity contribution is -0.274. The van der Waals surface area contributed by atoms with Crippen LogP contribution in [0.4, 0.5) is 18.9 Å². The number of nitrogens with one attached hydrogen (secondary N) is 3. The highest BCUT2D eigenvalue weighted by atomic mass is 19.4. The number of halogens is 3. The number of carbonyl (C=O) groups excluding carboxylic acids is 1. The predicted molar refractivity (Wildman–Crippen MR) is 159 cm³/mol. The lowest BCUT2D eigenvalue weighted by Crippen LogP contribution is -2.26. The molecule has 0 spiro atoms. The van der Waals surface area contributed by atoms with Crippen molar-refractivity contribution in [2.45, 2.75) is 25.1 Å². The number of carboxylic acids is 1. The number of ether oxygens (including phenoxy) is 1. The molecule has 4 aromatic carbocycles. The smallest absolute Gasteiger partial charge is 0.481 e. The van der Waals surface area contributed by atoms with Gasteiger partial charge in [-0.2, -0.15) is 0 Å². The SMILES string of the molecule is CNc1ccccc1C(=N)C(Cc1ccc(C(=O)NCCC(=O)O)cc1)c1cccc(-c2ccc(OC(F)(F)F)cc2)c1. The highest BCUT2D eigenvalue weighted by molar-refractivity contribution is 6.07. The van der Waals surface area contributed by atoms with Gasteiger partial charge in [-0.15, -0.1) is 13.2 Å². The molecule has 0 saturated carbocycles. The van der Waals surface area contributed by atoms with Crippen molar-refractivity contribution < 1.29 is 32.6 Å². The third kappa shape index (κ3) is 8.45. The van der Waals surface area contributed by atoms with Gasteiger partial charge in [0.05, 0.1) is 6.42 Å². The monoisotopic (exact) mass is 589 g/mol. The summed E-state index contributed by atoms with van der Waals surface area (Å²) < 4.78 is 41.8. The molecule has 43 heavy (non-hydrogen) atoms. The fraction of sp³-hybridized carbons (Fsp3) is 0.182. The molecule has 4 aromatic rings. The molecule has 4 rings (SSSR count). The van der Waals surface area contributed by atoms with Crippen LogP contribution in [0.3, 0.4) is 0 Å². The summed E-state index contributed by atoms with van der Waals surface area (Å²) in [5.74, 6) is -2.09. The lowest BCUT2D eigenvalue weighted by Gasteiger charge is -2.22. The summed E-state index contributed by atoms with van der Waals surface area (Å²) in [5.41, 5.74) is 5.44. The minimum Gasteiger partial charge on any atom is -0.481 e. The average molecular weight is 590 g/mol. The highest BCUT2D eigenvalue weighted by Crippen LogP contribution is 2.32. The van der Waals surface area contributed by atoms with Crippen LogP contribution in [0, 0.1) is 5.41 Å². The molecular weight excluding hydrogens is 559 g/mol. The number of aliphatic carboxylic acids is 1. The normalized spacial score (nSPS) is 11.8. The molecule has 0 aliphatic rings. The number of amides is 1. The average Bonchev–Trinajstić information content (AvgIpc) is 2.99. The number of alkyl halides is 3. The number of hydrogen-bond donors (Lipinski definition) is 4. The molecule has 0 aromatic heterocycles. The number of benzene rings is 4. The summed E-state index contributed by atoms with van der Waals surface area (Å²) >= 11 is 0. The molecule has 1 amide bonds. The van der Waals surface area contributed by atoms with Gasteiger partial charge in [0.15, 0.2) is 0 Å². The highest BCUT2D eigenvalue weighted by Gasteiger charge is 2.31. The van der Waals surface area contributed by atoms with Crippen LogP contribution in [0.15, 0.2) is 97.1 Å². The fourth-order valence-electron chi connectivity index (χ4n) is 4.71. The zero-order chi connectivity index (χ0) is 31.0. The molecule has 0 radical (unpaired) electrons. The molecule has 0 saturated heterocycles. The summed E-state index contributed by atoms with van der Waals surface area (Å²) in [4.78, 5) is 23.1. The Kier molecular flexibility index (Phi) is 9.82. The minimum absolute atomic E-state index is 0.0223. The first-order valence-corrected chi connectivity index (χ1v) is 13.4.